The second-order valence-corrected chi connectivity index (χ2v) is 7.07. The van der Waals surface area contributed by atoms with Gasteiger partial charge in [-0.3, -0.25) is 4.79 Å². The molecule has 112 valence electrons. The number of amides is 1. The number of carboxylic acids is 1. The van der Waals surface area contributed by atoms with Crippen molar-refractivity contribution >= 4 is 28.1 Å². The molecule has 8 nitrogen and oxygen atoms in total. The number of carbonyl (C=O) groups is 2. The van der Waals surface area contributed by atoms with Gasteiger partial charge >= 0.3 is 5.97 Å². The predicted molar refractivity (Wildman–Crippen MR) is 72.6 cm³/mol. The van der Waals surface area contributed by atoms with Gasteiger partial charge in [0.2, 0.25) is 22.7 Å². The number of aliphatic carboxylic acids is 1. The highest BCUT2D eigenvalue weighted by Gasteiger charge is 2.47. The lowest BCUT2D eigenvalue weighted by atomic mass is 10.0. The number of hydrogen-bond acceptors (Lipinski definition) is 5. The minimum atomic E-state index is -3.59. The zero-order valence-corrected chi connectivity index (χ0v) is 11.7. The molecule has 0 radical (unpaired) electrons. The molecule has 0 aromatic rings. The van der Waals surface area contributed by atoms with Crippen LogP contribution < -0.4 is 5.32 Å². The van der Waals surface area contributed by atoms with Crippen LogP contribution in [0.15, 0.2) is 28.4 Å². The Balaban J connectivity index is 1.99. The largest absolute Gasteiger partial charge is 0.478 e. The second-order valence-electron chi connectivity index (χ2n) is 4.98. The number of aliphatic imine (C=N–C) groups is 1. The van der Waals surface area contributed by atoms with Crippen LogP contribution in [0.25, 0.3) is 0 Å². The Bertz CT molecular complexity index is 702. The fourth-order valence-corrected chi connectivity index (χ4v) is 4.23. The molecule has 0 bridgehead atoms. The highest BCUT2D eigenvalue weighted by atomic mass is 32.2. The number of rotatable bonds is 5. The Hall–Kier alpha value is -2.16. The van der Waals surface area contributed by atoms with Gasteiger partial charge in [0.05, 0.1) is 16.7 Å². The van der Waals surface area contributed by atoms with E-state index in [-0.39, 0.29) is 17.7 Å². The van der Waals surface area contributed by atoms with E-state index in [9.17, 15) is 18.0 Å². The highest BCUT2D eigenvalue weighted by Crippen LogP contribution is 2.37. The van der Waals surface area contributed by atoms with E-state index in [1.807, 2.05) is 0 Å². The third kappa shape index (κ3) is 2.23. The van der Waals surface area contributed by atoms with Crippen molar-refractivity contribution in [2.45, 2.75) is 30.8 Å². The first-order valence-electron chi connectivity index (χ1n) is 6.40. The molecule has 0 aromatic carbocycles. The van der Waals surface area contributed by atoms with Crippen LogP contribution in [0.1, 0.15) is 19.3 Å². The van der Waals surface area contributed by atoms with Gasteiger partial charge in [0.25, 0.3) is 0 Å². The van der Waals surface area contributed by atoms with Gasteiger partial charge in [-0.15, -0.1) is 0 Å². The first kappa shape index (κ1) is 13.8. The number of carbonyl (C=O) groups excluding carboxylic acids is 1. The van der Waals surface area contributed by atoms with Gasteiger partial charge in [-0.05, 0) is 25.3 Å². The lowest BCUT2D eigenvalue weighted by molar-refractivity contribution is -0.132. The summed E-state index contributed by atoms with van der Waals surface area (Å²) >= 11 is 0. The van der Waals surface area contributed by atoms with Gasteiger partial charge in [-0.1, -0.05) is 6.08 Å². The van der Waals surface area contributed by atoms with Crippen molar-refractivity contribution < 1.29 is 23.1 Å². The van der Waals surface area contributed by atoms with Crippen molar-refractivity contribution in [2.75, 3.05) is 0 Å². The van der Waals surface area contributed by atoms with Crippen LogP contribution >= 0.6 is 0 Å². The van der Waals surface area contributed by atoms with E-state index < -0.39 is 27.5 Å². The molecule has 2 N–H and O–H groups in total. The van der Waals surface area contributed by atoms with E-state index >= 15 is 0 Å². The molecular formula is C12H13N3O5S. The Labute approximate surface area is 120 Å². The summed E-state index contributed by atoms with van der Waals surface area (Å²) in [5, 5.41) is 10.9. The van der Waals surface area contributed by atoms with E-state index in [1.54, 1.807) is 0 Å². The first-order valence-corrected chi connectivity index (χ1v) is 7.90. The SMILES string of the molecule is O=CNC1N=C2C=C(C(=O)O)CC=C2N1S(=O)(=O)C1CC1. The molecule has 1 atom stereocenters. The van der Waals surface area contributed by atoms with Crippen LogP contribution in [0.2, 0.25) is 0 Å². The zero-order valence-electron chi connectivity index (χ0n) is 10.9. The normalized spacial score (nSPS) is 24.7. The number of fused-ring (bicyclic) bond motifs is 1. The Morgan fingerprint density at radius 2 is 2.19 bits per heavy atom. The molecule has 1 unspecified atom stereocenters. The molecular weight excluding hydrogens is 298 g/mol. The fraction of sp³-hybridized carbons (Fsp3) is 0.417. The summed E-state index contributed by atoms with van der Waals surface area (Å²) in [5.41, 5.74) is 0.737. The average Bonchev–Trinajstić information content (AvgIpc) is 3.20. The molecule has 21 heavy (non-hydrogen) atoms. The third-order valence-electron chi connectivity index (χ3n) is 3.52. The molecule has 3 aliphatic rings. The summed E-state index contributed by atoms with van der Waals surface area (Å²) in [7, 11) is -3.59. The maximum Gasteiger partial charge on any atom is 0.331 e. The smallest absolute Gasteiger partial charge is 0.331 e. The van der Waals surface area contributed by atoms with E-state index in [0.29, 0.717) is 24.9 Å². The van der Waals surface area contributed by atoms with E-state index in [4.69, 9.17) is 5.11 Å². The third-order valence-corrected chi connectivity index (χ3v) is 5.78. The van der Waals surface area contributed by atoms with Gasteiger partial charge in [-0.2, -0.15) is 0 Å². The fourth-order valence-electron chi connectivity index (χ4n) is 2.35. The molecule has 9 heteroatoms. The van der Waals surface area contributed by atoms with Crippen LogP contribution in [0.5, 0.6) is 0 Å². The Kier molecular flexibility index (Phi) is 3.08. The zero-order chi connectivity index (χ0) is 15.2. The van der Waals surface area contributed by atoms with Gasteiger partial charge in [0.1, 0.15) is 0 Å². The van der Waals surface area contributed by atoms with Gasteiger partial charge in [-0.25, -0.2) is 22.5 Å². The van der Waals surface area contributed by atoms with E-state index in [0.717, 1.165) is 4.31 Å². The summed E-state index contributed by atoms with van der Waals surface area (Å²) in [4.78, 5) is 25.8. The number of sulfonamides is 1. The number of nitrogens with one attached hydrogen (secondary N) is 1. The number of hydrogen-bond donors (Lipinski definition) is 2. The average molecular weight is 311 g/mol. The van der Waals surface area contributed by atoms with Crippen molar-refractivity contribution in [3.63, 3.8) is 0 Å². The summed E-state index contributed by atoms with van der Waals surface area (Å²) in [6.07, 6.45) is 3.50. The highest BCUT2D eigenvalue weighted by molar-refractivity contribution is 7.90. The predicted octanol–water partition coefficient (Wildman–Crippen LogP) is -0.437. The molecule has 3 rings (SSSR count). The van der Waals surface area contributed by atoms with Crippen LogP contribution in [0, 0.1) is 0 Å². The monoisotopic (exact) mass is 311 g/mol. The van der Waals surface area contributed by atoms with Crippen molar-refractivity contribution in [1.82, 2.24) is 9.62 Å². The minimum absolute atomic E-state index is 0.119. The topological polar surface area (TPSA) is 116 Å². The molecule has 2 aliphatic carbocycles. The summed E-state index contributed by atoms with van der Waals surface area (Å²) in [6, 6.07) is 0. The molecule has 1 amide bonds. The molecule has 1 aliphatic heterocycles. The van der Waals surface area contributed by atoms with Crippen LogP contribution in [0.4, 0.5) is 0 Å². The van der Waals surface area contributed by atoms with Crippen molar-refractivity contribution in [3.8, 4) is 0 Å². The van der Waals surface area contributed by atoms with Gasteiger partial charge in [0.15, 0.2) is 0 Å². The number of allylic oxidation sites excluding steroid dienone is 2. The minimum Gasteiger partial charge on any atom is -0.478 e. The maximum absolute atomic E-state index is 12.5. The first-order chi connectivity index (χ1) is 9.95. The van der Waals surface area contributed by atoms with Crippen molar-refractivity contribution in [3.05, 3.63) is 23.4 Å². The van der Waals surface area contributed by atoms with Crippen molar-refractivity contribution in [2.24, 2.45) is 4.99 Å². The van der Waals surface area contributed by atoms with E-state index in [2.05, 4.69) is 10.3 Å². The molecule has 1 fully saturated rings. The van der Waals surface area contributed by atoms with Crippen LogP contribution in [-0.2, 0) is 19.6 Å². The molecule has 1 heterocycles. The summed E-state index contributed by atoms with van der Waals surface area (Å²) in [6.45, 7) is 0. The van der Waals surface area contributed by atoms with Crippen LogP contribution in [-0.4, -0.2) is 47.5 Å². The van der Waals surface area contributed by atoms with E-state index in [1.165, 1.54) is 12.2 Å². The molecule has 0 aromatic heterocycles. The second kappa shape index (κ2) is 4.69. The molecule has 0 spiro atoms. The Morgan fingerprint density at radius 1 is 1.48 bits per heavy atom. The van der Waals surface area contributed by atoms with Crippen molar-refractivity contribution in [1.29, 1.82) is 0 Å². The summed E-state index contributed by atoms with van der Waals surface area (Å²) < 4.78 is 26.0. The van der Waals surface area contributed by atoms with Gasteiger partial charge < -0.3 is 10.4 Å². The molecule has 1 saturated carbocycles. The quantitative estimate of drug-likeness (QED) is 0.668. The standard InChI is InChI=1S/C12H13N3O5S/c16-6-13-12-14-9-5-7(11(17)18)1-4-10(9)15(12)21(19,20)8-2-3-8/h4-6,8,12H,1-3H2,(H,13,16)(H,17,18). The number of nitrogens with zero attached hydrogens (tertiary/aromatic N) is 2. The lowest BCUT2D eigenvalue weighted by Gasteiger charge is -2.26. The lowest BCUT2D eigenvalue weighted by Crippen LogP contribution is -2.45. The van der Waals surface area contributed by atoms with Crippen LogP contribution in [0.3, 0.4) is 0 Å². The number of carboxylic acid groups (broad SMARTS) is 1. The summed E-state index contributed by atoms with van der Waals surface area (Å²) in [5.74, 6) is -1.07. The van der Waals surface area contributed by atoms with Gasteiger partial charge in [0, 0.05) is 5.57 Å². The molecule has 0 saturated heterocycles. The maximum atomic E-state index is 12.5. The Morgan fingerprint density at radius 3 is 2.76 bits per heavy atom.